The first-order valence-electron chi connectivity index (χ1n) is 17.4. The first kappa shape index (κ1) is 33.8. The zero-order chi connectivity index (χ0) is 33.1. The summed E-state index contributed by atoms with van der Waals surface area (Å²) in [5, 5.41) is 23.1. The van der Waals surface area contributed by atoms with E-state index in [1.807, 2.05) is 25.1 Å². The van der Waals surface area contributed by atoms with Crippen molar-refractivity contribution in [2.45, 2.75) is 119 Å². The lowest BCUT2D eigenvalue weighted by Gasteiger charge is -2.69. The first-order chi connectivity index (χ1) is 21.1. The fourth-order valence-corrected chi connectivity index (χ4v) is 11.3. The molecule has 5 rings (SSSR count). The Hall–Kier alpha value is -2.53. The van der Waals surface area contributed by atoms with Crippen molar-refractivity contribution in [1.82, 2.24) is 0 Å². The molecule has 0 aromatic heterocycles. The maximum Gasteiger partial charge on any atom is 0.331 e. The van der Waals surface area contributed by atoms with Crippen LogP contribution in [0.4, 0.5) is 0 Å². The predicted molar refractivity (Wildman–Crippen MR) is 182 cm³/mol. The number of aliphatic hydroxyl groups is 1. The summed E-state index contributed by atoms with van der Waals surface area (Å²) < 4.78 is 12.2. The second-order valence-electron chi connectivity index (χ2n) is 16.1. The summed E-state index contributed by atoms with van der Waals surface area (Å²) in [6.07, 6.45) is 6.08. The molecule has 4 aliphatic rings. The topological polar surface area (TPSA) is 76.0 Å². The predicted octanol–water partition coefficient (Wildman–Crippen LogP) is 9.46. The molecule has 248 valence electrons. The second kappa shape index (κ2) is 12.2. The quantitative estimate of drug-likeness (QED) is 0.224. The number of hydrogen-bond donors (Lipinski definition) is 2. The van der Waals surface area contributed by atoms with Gasteiger partial charge in [-0.3, -0.25) is 0 Å². The normalized spacial score (nSPS) is 40.0. The molecule has 1 aromatic carbocycles. The van der Waals surface area contributed by atoms with Gasteiger partial charge in [0.05, 0.1) is 19.0 Å². The van der Waals surface area contributed by atoms with Gasteiger partial charge in [-0.15, -0.1) is 0 Å². The standard InChI is InChI=1S/C40H58O5/c1-23(2)27(28-13-11-12-14-33(28)44-10)15-16-29(37(42)43)35-31-21-32(41)36-38(7)19-17-25(5)26(6)30(38)18-20-39(36,8)40(31,9)22-34(35)45-24(3)4/h11-14,25-26,30-32,34,36,41H,3,15-22H2,1-2,4-10H3,(H,42,43)/b35-29+/t25-,26+,30+,31+,32-,34?,36+,38+,39+,40+/m1/s1. The number of fused-ring (bicyclic) bond motifs is 5. The molecule has 1 unspecified atom stereocenters. The van der Waals surface area contributed by atoms with Gasteiger partial charge in [0.15, 0.2) is 0 Å². The molecular weight excluding hydrogens is 560 g/mol. The Bertz CT molecular complexity index is 1380. The molecule has 2 N–H and O–H groups in total. The number of hydrogen-bond acceptors (Lipinski definition) is 4. The average molecular weight is 619 g/mol. The molecule has 0 heterocycles. The maximum atomic E-state index is 13.2. The van der Waals surface area contributed by atoms with Crippen molar-refractivity contribution in [3.63, 3.8) is 0 Å². The third kappa shape index (κ3) is 5.39. The number of benzene rings is 1. The Balaban J connectivity index is 1.58. The van der Waals surface area contributed by atoms with Gasteiger partial charge < -0.3 is 19.7 Å². The molecule has 0 amide bonds. The highest BCUT2D eigenvalue weighted by Gasteiger charge is 2.70. The Morgan fingerprint density at radius 2 is 1.71 bits per heavy atom. The van der Waals surface area contributed by atoms with E-state index in [-0.39, 0.29) is 34.2 Å². The smallest absolute Gasteiger partial charge is 0.331 e. The molecule has 4 saturated carbocycles. The van der Waals surface area contributed by atoms with Crippen LogP contribution < -0.4 is 4.74 Å². The lowest BCUT2D eigenvalue weighted by atomic mass is 9.36. The van der Waals surface area contributed by atoms with Crippen molar-refractivity contribution in [2.75, 3.05) is 7.11 Å². The van der Waals surface area contributed by atoms with Gasteiger partial charge >= 0.3 is 5.97 Å². The number of aliphatic carboxylic acids is 1. The maximum absolute atomic E-state index is 13.2. The van der Waals surface area contributed by atoms with Crippen LogP contribution in [-0.4, -0.2) is 35.5 Å². The molecule has 0 saturated heterocycles. The van der Waals surface area contributed by atoms with E-state index in [4.69, 9.17) is 9.47 Å². The lowest BCUT2D eigenvalue weighted by molar-refractivity contribution is -0.229. The number of rotatable bonds is 8. The minimum Gasteiger partial charge on any atom is -0.496 e. The van der Waals surface area contributed by atoms with E-state index in [0.29, 0.717) is 48.3 Å². The molecule has 1 aromatic rings. The Kier molecular flexibility index (Phi) is 9.21. The molecule has 10 atom stereocenters. The van der Waals surface area contributed by atoms with E-state index in [1.54, 1.807) is 7.11 Å². The molecule has 4 fully saturated rings. The van der Waals surface area contributed by atoms with E-state index < -0.39 is 12.1 Å². The Morgan fingerprint density at radius 3 is 2.33 bits per heavy atom. The molecular formula is C40H58O5. The number of allylic oxidation sites excluding steroid dienone is 3. The van der Waals surface area contributed by atoms with Gasteiger partial charge in [-0.05, 0) is 135 Å². The summed E-state index contributed by atoms with van der Waals surface area (Å²) in [5.74, 6) is 2.61. The number of para-hydroxylation sites is 1. The molecule has 45 heavy (non-hydrogen) atoms. The molecule has 0 spiro atoms. The summed E-state index contributed by atoms with van der Waals surface area (Å²) in [6.45, 7) is 22.3. The van der Waals surface area contributed by atoms with E-state index in [0.717, 1.165) is 47.3 Å². The van der Waals surface area contributed by atoms with Crippen LogP contribution >= 0.6 is 0 Å². The molecule has 5 heteroatoms. The first-order valence-corrected chi connectivity index (χ1v) is 17.4. The van der Waals surface area contributed by atoms with E-state index in [9.17, 15) is 15.0 Å². The number of methoxy groups -OCH3 is 1. The van der Waals surface area contributed by atoms with Gasteiger partial charge in [0.25, 0.3) is 0 Å². The third-order valence-corrected chi connectivity index (χ3v) is 13.8. The number of ether oxygens (including phenoxy) is 2. The minimum atomic E-state index is -0.884. The van der Waals surface area contributed by atoms with Crippen molar-refractivity contribution < 1.29 is 24.5 Å². The molecule has 4 aliphatic carbocycles. The zero-order valence-corrected chi connectivity index (χ0v) is 29.3. The van der Waals surface area contributed by atoms with Crippen LogP contribution in [0.5, 0.6) is 5.75 Å². The van der Waals surface area contributed by atoms with Crippen molar-refractivity contribution in [3.05, 3.63) is 58.9 Å². The monoisotopic (exact) mass is 618 g/mol. The number of carboxylic acid groups (broad SMARTS) is 1. The van der Waals surface area contributed by atoms with Crippen LogP contribution in [0.1, 0.15) is 112 Å². The third-order valence-electron chi connectivity index (χ3n) is 13.8. The van der Waals surface area contributed by atoms with Crippen molar-refractivity contribution in [3.8, 4) is 5.75 Å². The van der Waals surface area contributed by atoms with Crippen LogP contribution in [0.25, 0.3) is 5.57 Å². The van der Waals surface area contributed by atoms with Gasteiger partial charge in [-0.1, -0.05) is 65.0 Å². The molecule has 0 aliphatic heterocycles. The van der Waals surface area contributed by atoms with E-state index in [1.165, 1.54) is 12.8 Å². The molecule has 0 bridgehead atoms. The fraction of sp³-hybridized carbons (Fsp3) is 0.675. The van der Waals surface area contributed by atoms with Gasteiger partial charge in [0.1, 0.15) is 11.9 Å². The highest BCUT2D eigenvalue weighted by atomic mass is 16.5. The highest BCUT2D eigenvalue weighted by molar-refractivity contribution is 5.88. The fourth-order valence-electron chi connectivity index (χ4n) is 11.3. The van der Waals surface area contributed by atoms with Crippen LogP contribution in [0.2, 0.25) is 0 Å². The summed E-state index contributed by atoms with van der Waals surface area (Å²) >= 11 is 0. The average Bonchev–Trinajstić information content (AvgIpc) is 3.24. The Morgan fingerprint density at radius 1 is 1.02 bits per heavy atom. The lowest BCUT2D eigenvalue weighted by Crippen LogP contribution is -2.65. The van der Waals surface area contributed by atoms with Gasteiger partial charge in [0.2, 0.25) is 0 Å². The number of carboxylic acids is 1. The SMILES string of the molecule is C=C(C)OC1C[C@@]2(C)[C@@H](C[C@@H](O)[C@H]3[C@@]4(C)CC[C@@H](C)[C@H](C)[C@@H]4CC[C@@]32C)/C1=C(/CCC(=C(C)C)c1ccccc1OC)C(=O)O. The highest BCUT2D eigenvalue weighted by Crippen LogP contribution is 2.74. The second-order valence-corrected chi connectivity index (χ2v) is 16.1. The van der Waals surface area contributed by atoms with E-state index >= 15 is 0 Å². The summed E-state index contributed by atoms with van der Waals surface area (Å²) in [6, 6.07) is 7.97. The van der Waals surface area contributed by atoms with E-state index in [2.05, 4.69) is 61.1 Å². The van der Waals surface area contributed by atoms with Crippen LogP contribution in [0, 0.1) is 45.8 Å². The molecule has 0 radical (unpaired) electrons. The van der Waals surface area contributed by atoms with Gasteiger partial charge in [-0.25, -0.2) is 4.79 Å². The zero-order valence-electron chi connectivity index (χ0n) is 29.3. The van der Waals surface area contributed by atoms with Gasteiger partial charge in [0, 0.05) is 11.1 Å². The number of carbonyl (C=O) groups is 1. The van der Waals surface area contributed by atoms with Crippen LogP contribution in [0.15, 0.2) is 53.3 Å². The van der Waals surface area contributed by atoms with Crippen LogP contribution in [0.3, 0.4) is 0 Å². The summed E-state index contributed by atoms with van der Waals surface area (Å²) in [5.41, 5.74) is 4.32. The van der Waals surface area contributed by atoms with Crippen molar-refractivity contribution in [1.29, 1.82) is 0 Å². The largest absolute Gasteiger partial charge is 0.496 e. The van der Waals surface area contributed by atoms with Crippen LogP contribution in [-0.2, 0) is 9.53 Å². The van der Waals surface area contributed by atoms with Gasteiger partial charge in [-0.2, -0.15) is 0 Å². The number of aliphatic hydroxyl groups excluding tert-OH is 1. The minimum absolute atomic E-state index is 0.0642. The summed E-state index contributed by atoms with van der Waals surface area (Å²) in [7, 11) is 1.68. The summed E-state index contributed by atoms with van der Waals surface area (Å²) in [4.78, 5) is 13.2. The molecule has 5 nitrogen and oxygen atoms in total. The van der Waals surface area contributed by atoms with Crippen molar-refractivity contribution in [2.24, 2.45) is 45.8 Å². The van der Waals surface area contributed by atoms with Crippen molar-refractivity contribution >= 4 is 11.5 Å². The Labute approximate surface area is 272 Å².